The van der Waals surface area contributed by atoms with Gasteiger partial charge in [-0.25, -0.2) is 5.01 Å². The van der Waals surface area contributed by atoms with Gasteiger partial charge in [0.05, 0.1) is 16.7 Å². The van der Waals surface area contributed by atoms with E-state index < -0.39 is 4.92 Å². The van der Waals surface area contributed by atoms with Gasteiger partial charge in [-0.05, 0) is 48.3 Å². The molecule has 1 atom stereocenters. The van der Waals surface area contributed by atoms with E-state index in [1.54, 1.807) is 17.1 Å². The molecule has 10 heteroatoms. The van der Waals surface area contributed by atoms with Crippen LogP contribution in [0, 0.1) is 10.1 Å². The first kappa shape index (κ1) is 17.2. The van der Waals surface area contributed by atoms with Gasteiger partial charge in [0.2, 0.25) is 13.2 Å². The van der Waals surface area contributed by atoms with E-state index in [0.717, 1.165) is 16.7 Å². The van der Waals surface area contributed by atoms with E-state index >= 15 is 0 Å². The van der Waals surface area contributed by atoms with Crippen molar-refractivity contribution in [3.05, 3.63) is 69.6 Å². The Bertz CT molecular complexity index is 1110. The summed E-state index contributed by atoms with van der Waals surface area (Å²) in [5, 5.41) is 21.4. The van der Waals surface area contributed by atoms with Gasteiger partial charge in [0.1, 0.15) is 0 Å². The molecule has 0 radical (unpaired) electrons. The molecule has 0 fully saturated rings. The molecular weight excluding hydrogens is 378 g/mol. The molecule has 0 N–H and O–H groups in total. The van der Waals surface area contributed by atoms with Crippen molar-refractivity contribution >= 4 is 17.3 Å². The number of benzene rings is 2. The number of nitro benzene ring substituents is 1. The minimum Gasteiger partial charge on any atom is -0.454 e. The number of hydrogen-bond donors (Lipinski definition) is 0. The number of nitro groups is 1. The van der Waals surface area contributed by atoms with Crippen LogP contribution in [-0.4, -0.2) is 33.6 Å². The second-order valence-corrected chi connectivity index (χ2v) is 6.74. The Kier molecular flexibility index (Phi) is 3.90. The largest absolute Gasteiger partial charge is 0.454 e. The summed E-state index contributed by atoms with van der Waals surface area (Å²) in [6.45, 7) is 2.18. The lowest BCUT2D eigenvalue weighted by Crippen LogP contribution is -2.30. The van der Waals surface area contributed by atoms with Crippen molar-refractivity contribution in [1.82, 2.24) is 10.1 Å². The summed E-state index contributed by atoms with van der Waals surface area (Å²) in [7, 11) is 0. The molecule has 2 aliphatic rings. The lowest BCUT2D eigenvalue weighted by Gasteiger charge is -2.21. The molecule has 10 nitrogen and oxygen atoms in total. The van der Waals surface area contributed by atoms with Crippen LogP contribution in [0.15, 0.2) is 52.4 Å². The minimum atomic E-state index is -0.432. The molecule has 0 bridgehead atoms. The van der Waals surface area contributed by atoms with Gasteiger partial charge in [-0.2, -0.15) is 10.1 Å². The van der Waals surface area contributed by atoms with Crippen LogP contribution in [0.2, 0.25) is 0 Å². The van der Waals surface area contributed by atoms with Gasteiger partial charge < -0.3 is 14.0 Å². The van der Waals surface area contributed by atoms with Crippen molar-refractivity contribution in [2.24, 2.45) is 5.10 Å². The molecule has 1 aromatic heterocycles. The summed E-state index contributed by atoms with van der Waals surface area (Å²) in [6.07, 6.45) is 1.90. The average molecular weight is 393 g/mol. The molecular formula is C19H15N5O5. The lowest BCUT2D eigenvalue weighted by molar-refractivity contribution is -0.384. The Balaban J connectivity index is 1.69. The maximum atomic E-state index is 11.0. The van der Waals surface area contributed by atoms with Crippen LogP contribution in [0.25, 0.3) is 0 Å². The van der Waals surface area contributed by atoms with Crippen LogP contribution in [-0.2, 0) is 6.42 Å². The van der Waals surface area contributed by atoms with Gasteiger partial charge in [0, 0.05) is 23.3 Å². The number of ether oxygens (including phenoxy) is 2. The number of fused-ring (bicyclic) bond motifs is 2. The highest BCUT2D eigenvalue weighted by Crippen LogP contribution is 2.38. The van der Waals surface area contributed by atoms with Crippen LogP contribution in [0.3, 0.4) is 0 Å². The van der Waals surface area contributed by atoms with Crippen LogP contribution in [0.4, 0.5) is 11.6 Å². The summed E-state index contributed by atoms with van der Waals surface area (Å²) in [4.78, 5) is 14.7. The summed E-state index contributed by atoms with van der Waals surface area (Å²) in [5.41, 5.74) is 3.24. The molecule has 146 valence electrons. The first-order valence-corrected chi connectivity index (χ1v) is 8.92. The Morgan fingerprint density at radius 3 is 2.62 bits per heavy atom. The molecule has 2 aliphatic heterocycles. The zero-order chi connectivity index (χ0) is 20.0. The molecule has 3 heterocycles. The van der Waals surface area contributed by atoms with Crippen molar-refractivity contribution in [1.29, 1.82) is 0 Å². The molecule has 29 heavy (non-hydrogen) atoms. The van der Waals surface area contributed by atoms with Crippen molar-refractivity contribution in [2.45, 2.75) is 19.4 Å². The van der Waals surface area contributed by atoms with Crippen LogP contribution in [0.1, 0.15) is 23.6 Å². The normalized spacial score (nSPS) is 17.5. The smallest absolute Gasteiger partial charge is 0.286 e. The molecule has 3 aromatic rings. The highest BCUT2D eigenvalue weighted by Gasteiger charge is 2.29. The second-order valence-electron chi connectivity index (χ2n) is 6.74. The molecule has 1 unspecified atom stereocenters. The van der Waals surface area contributed by atoms with Crippen LogP contribution in [0.5, 0.6) is 11.5 Å². The summed E-state index contributed by atoms with van der Waals surface area (Å²) in [6, 6.07) is 10.0. The van der Waals surface area contributed by atoms with Gasteiger partial charge in [-0.1, -0.05) is 0 Å². The third-order valence-corrected chi connectivity index (χ3v) is 4.90. The van der Waals surface area contributed by atoms with Crippen molar-refractivity contribution < 1.29 is 18.9 Å². The number of non-ortho nitro benzene ring substituents is 1. The summed E-state index contributed by atoms with van der Waals surface area (Å²) >= 11 is 0. The predicted molar refractivity (Wildman–Crippen MR) is 101 cm³/mol. The van der Waals surface area contributed by atoms with Crippen LogP contribution >= 0.6 is 0 Å². The molecule has 0 saturated heterocycles. The first-order valence-electron chi connectivity index (χ1n) is 8.92. The number of hydrogen-bond acceptors (Lipinski definition) is 9. The highest BCUT2D eigenvalue weighted by atomic mass is 16.7. The Labute approximate surface area is 164 Å². The number of anilines is 1. The quantitative estimate of drug-likeness (QED) is 0.493. The van der Waals surface area contributed by atoms with Gasteiger partial charge in [-0.3, -0.25) is 10.1 Å². The van der Waals surface area contributed by atoms with E-state index in [9.17, 15) is 10.1 Å². The topological polar surface area (TPSA) is 116 Å². The number of nitrogens with zero attached hydrogens (tertiary/aromatic N) is 5. The summed E-state index contributed by atoms with van der Waals surface area (Å²) in [5.74, 6) is 1.66. The molecule has 2 aromatic carbocycles. The fourth-order valence-electron chi connectivity index (χ4n) is 3.50. The fraction of sp³-hybridized carbons (Fsp3) is 0.211. The Morgan fingerprint density at radius 2 is 1.93 bits per heavy atom. The van der Waals surface area contributed by atoms with Crippen LogP contribution < -0.4 is 14.5 Å². The Hall–Kier alpha value is -3.95. The van der Waals surface area contributed by atoms with Crippen molar-refractivity contribution in [2.75, 3.05) is 11.8 Å². The van der Waals surface area contributed by atoms with Gasteiger partial charge in [-0.15, -0.1) is 0 Å². The summed E-state index contributed by atoms with van der Waals surface area (Å²) < 4.78 is 16.0. The van der Waals surface area contributed by atoms with E-state index in [1.807, 2.05) is 19.1 Å². The lowest BCUT2D eigenvalue weighted by atomic mass is 9.94. The molecule has 0 aliphatic carbocycles. The van der Waals surface area contributed by atoms with E-state index in [-0.39, 0.29) is 18.5 Å². The van der Waals surface area contributed by atoms with E-state index in [4.69, 9.17) is 19.1 Å². The molecule has 0 amide bonds. The number of hydrazone groups is 1. The SMILES string of the molecule is CC1Cc2cc3c(cc2C(c2ccc([N+](=O)[O-])cc2)=NN1c1ncon1)OCO3. The maximum Gasteiger partial charge on any atom is 0.286 e. The van der Waals surface area contributed by atoms with Gasteiger partial charge in [0.25, 0.3) is 11.6 Å². The average Bonchev–Trinajstić information content (AvgIpc) is 3.38. The molecule has 0 spiro atoms. The zero-order valence-electron chi connectivity index (χ0n) is 15.3. The van der Waals surface area contributed by atoms with Gasteiger partial charge >= 0.3 is 0 Å². The number of aromatic nitrogens is 2. The minimum absolute atomic E-state index is 0.0114. The molecule has 0 saturated carbocycles. The third kappa shape index (κ3) is 2.94. The first-order chi connectivity index (χ1) is 14.1. The van der Waals surface area contributed by atoms with E-state index in [0.29, 0.717) is 29.6 Å². The van der Waals surface area contributed by atoms with Gasteiger partial charge in [0.15, 0.2) is 11.5 Å². The molecule has 5 rings (SSSR count). The zero-order valence-corrected chi connectivity index (χ0v) is 15.3. The monoisotopic (exact) mass is 393 g/mol. The highest BCUT2D eigenvalue weighted by molar-refractivity contribution is 6.14. The van der Waals surface area contributed by atoms with E-state index in [2.05, 4.69) is 10.1 Å². The van der Waals surface area contributed by atoms with E-state index in [1.165, 1.54) is 18.5 Å². The third-order valence-electron chi connectivity index (χ3n) is 4.90. The fourth-order valence-corrected chi connectivity index (χ4v) is 3.50. The Morgan fingerprint density at radius 1 is 1.17 bits per heavy atom. The van der Waals surface area contributed by atoms with Crippen molar-refractivity contribution in [3.63, 3.8) is 0 Å². The van der Waals surface area contributed by atoms with Crippen molar-refractivity contribution in [3.8, 4) is 11.5 Å². The maximum absolute atomic E-state index is 11.0. The second kappa shape index (κ2) is 6.59. The number of rotatable bonds is 3. The standard InChI is InChI=1S/C19H15N5O5/c1-11-6-13-7-16-17(28-10-27-16)8-15(13)18(21-23(11)19-20-9-29-22-19)12-2-4-14(5-3-12)24(25)26/h2-5,7-9,11H,6,10H2,1H3. The predicted octanol–water partition coefficient (Wildman–Crippen LogP) is 2.91.